The monoisotopic (exact) mass is 937 g/mol. The highest BCUT2D eigenvalue weighted by molar-refractivity contribution is 5.89. The molecule has 18 heteroatoms. The second kappa shape index (κ2) is 19.7. The molecule has 7 aliphatic rings. The zero-order valence-electron chi connectivity index (χ0n) is 40.7. The lowest BCUT2D eigenvalue weighted by atomic mass is 9.85. The molecule has 2 aromatic heterocycles. The Morgan fingerprint density at radius 1 is 0.618 bits per heavy atom. The van der Waals surface area contributed by atoms with E-state index in [0.29, 0.717) is 83.7 Å². The third-order valence-corrected chi connectivity index (χ3v) is 16.1. The lowest BCUT2D eigenvalue weighted by Crippen LogP contribution is -2.55. The largest absolute Gasteiger partial charge is 0.378 e. The van der Waals surface area contributed by atoms with Crippen LogP contribution in [-0.4, -0.2) is 166 Å². The van der Waals surface area contributed by atoms with Gasteiger partial charge in [0.25, 0.3) is 0 Å². The number of hydrogen-bond donors (Lipinski definition) is 4. The number of carbonyl (C=O) groups is 4. The number of aromatic amines is 2. The molecule has 6 saturated heterocycles. The SMILES string of the molecule is CC(C)[C@@H](NC(=O)N1CCOCC1)C(=O)N1CCC[C@H]1c1ncc(-c2ccc(N3CCC(c4cnc([C@@H]5CCCN5C(=O)[C@H](NC(=O)N5CCOCC5)C(C)C)[nH]4)CC3)c3c2C2CCC3N2C)[nH]1. The maximum Gasteiger partial charge on any atom is 0.318 e. The first-order valence-electron chi connectivity index (χ1n) is 25.6. The quantitative estimate of drug-likeness (QED) is 0.192. The number of benzene rings is 1. The number of H-pyrrole nitrogens is 2. The Morgan fingerprint density at radius 2 is 1.13 bits per heavy atom. The number of amides is 6. The third-order valence-electron chi connectivity index (χ3n) is 16.1. The zero-order chi connectivity index (χ0) is 47.2. The van der Waals surface area contributed by atoms with Gasteiger partial charge in [-0.15, -0.1) is 0 Å². The minimum absolute atomic E-state index is 0.0448. The van der Waals surface area contributed by atoms with Crippen molar-refractivity contribution in [2.75, 3.05) is 90.7 Å². The zero-order valence-corrected chi connectivity index (χ0v) is 40.7. The number of anilines is 1. The van der Waals surface area contributed by atoms with Crippen LogP contribution < -0.4 is 15.5 Å². The van der Waals surface area contributed by atoms with Gasteiger partial charge in [-0.3, -0.25) is 14.5 Å². The molecule has 2 unspecified atom stereocenters. The molecule has 6 fully saturated rings. The number of urea groups is 2. The van der Waals surface area contributed by atoms with Crippen LogP contribution >= 0.6 is 0 Å². The van der Waals surface area contributed by atoms with Crippen molar-refractivity contribution in [3.05, 3.63) is 53.0 Å². The summed E-state index contributed by atoms with van der Waals surface area (Å²) in [6.45, 7) is 15.2. The van der Waals surface area contributed by atoms with Crippen LogP contribution in [0.1, 0.15) is 138 Å². The highest BCUT2D eigenvalue weighted by Gasteiger charge is 2.46. The first kappa shape index (κ1) is 46.5. The number of morpholine rings is 2. The topological polar surface area (TPSA) is 188 Å². The van der Waals surface area contributed by atoms with Gasteiger partial charge in [0.1, 0.15) is 23.7 Å². The van der Waals surface area contributed by atoms with E-state index in [-0.39, 0.29) is 47.8 Å². The van der Waals surface area contributed by atoms with Crippen molar-refractivity contribution in [1.29, 1.82) is 0 Å². The van der Waals surface area contributed by atoms with Gasteiger partial charge in [0.15, 0.2) is 0 Å². The van der Waals surface area contributed by atoms with E-state index >= 15 is 0 Å². The van der Waals surface area contributed by atoms with Crippen molar-refractivity contribution in [1.82, 2.24) is 55.1 Å². The second-order valence-electron chi connectivity index (χ2n) is 20.8. The number of ether oxygens (including phenoxy) is 2. The van der Waals surface area contributed by atoms with Crippen LogP contribution in [0.15, 0.2) is 24.5 Å². The number of nitrogens with zero attached hydrogens (tertiary/aromatic N) is 8. The van der Waals surface area contributed by atoms with Crippen molar-refractivity contribution < 1.29 is 28.7 Å². The highest BCUT2D eigenvalue weighted by atomic mass is 16.5. The highest BCUT2D eigenvalue weighted by Crippen LogP contribution is 2.58. The number of imidazole rings is 2. The number of rotatable bonds is 11. The molecule has 3 aromatic rings. The van der Waals surface area contributed by atoms with Crippen molar-refractivity contribution in [2.24, 2.45) is 11.8 Å². The molecule has 0 saturated carbocycles. The molecule has 368 valence electrons. The molecule has 9 heterocycles. The molecule has 6 atom stereocenters. The molecule has 68 heavy (non-hydrogen) atoms. The fourth-order valence-electron chi connectivity index (χ4n) is 12.3. The Labute approximate surface area is 400 Å². The number of piperidine rings is 1. The Bertz CT molecular complexity index is 2310. The van der Waals surface area contributed by atoms with E-state index in [9.17, 15) is 19.2 Å². The number of aromatic nitrogens is 4. The van der Waals surface area contributed by atoms with Crippen LogP contribution in [0.3, 0.4) is 0 Å². The molecule has 0 spiro atoms. The van der Waals surface area contributed by atoms with Gasteiger partial charge < -0.3 is 54.6 Å². The third kappa shape index (κ3) is 8.84. The Hall–Kier alpha value is -5.20. The average molecular weight is 937 g/mol. The molecular formula is C50H72N12O6. The van der Waals surface area contributed by atoms with Gasteiger partial charge >= 0.3 is 12.1 Å². The molecule has 18 nitrogen and oxygen atoms in total. The predicted octanol–water partition coefficient (Wildman–Crippen LogP) is 5.47. The van der Waals surface area contributed by atoms with E-state index in [0.717, 1.165) is 87.5 Å². The summed E-state index contributed by atoms with van der Waals surface area (Å²) in [5.41, 5.74) is 7.48. The number of fused-ring (bicyclic) bond motifs is 5. The molecule has 2 bridgehead atoms. The Balaban J connectivity index is 0.808. The normalized spacial score (nSPS) is 25.4. The predicted molar refractivity (Wildman–Crippen MR) is 256 cm³/mol. The van der Waals surface area contributed by atoms with Gasteiger partial charge in [-0.2, -0.15) is 0 Å². The Morgan fingerprint density at radius 3 is 1.68 bits per heavy atom. The van der Waals surface area contributed by atoms with E-state index in [1.54, 1.807) is 9.80 Å². The molecule has 4 N–H and O–H groups in total. The van der Waals surface area contributed by atoms with Gasteiger partial charge in [-0.05, 0) is 87.4 Å². The molecule has 6 amide bonds. The average Bonchev–Trinajstić information content (AvgIpc) is 4.24. The van der Waals surface area contributed by atoms with Crippen LogP contribution in [0.5, 0.6) is 0 Å². The van der Waals surface area contributed by atoms with Crippen LogP contribution in [-0.2, 0) is 19.1 Å². The number of likely N-dealkylation sites (tertiary alicyclic amines) is 2. The summed E-state index contributed by atoms with van der Waals surface area (Å²) in [5.74, 6) is 1.74. The molecular weight excluding hydrogens is 865 g/mol. The summed E-state index contributed by atoms with van der Waals surface area (Å²) in [6.07, 6.45) is 11.6. The van der Waals surface area contributed by atoms with E-state index < -0.39 is 12.1 Å². The summed E-state index contributed by atoms with van der Waals surface area (Å²) in [7, 11) is 2.27. The number of hydrogen-bond acceptors (Lipinski definition) is 10. The standard InChI is InChI=1S/C50H72N12O6/c1-30(2)43(55-49(65)59-20-24-67-25-21-59)47(63)61-16-6-8-39(61)45-51-28-34(53-45)32-14-18-58(19-15-32)38-11-10-33(41-36-12-13-37(42(38)41)57(36)5)35-29-52-46(54-35)40-9-7-17-62(40)48(64)44(31(3)4)56-50(66)60-22-26-68-27-23-60/h10-11,28-32,36-37,39-40,43-44H,6-9,12-27H2,1-5H3,(H,51,53)(H,52,54)(H,55,65)(H,56,66)/t36?,37?,39-,40-,43+,44+/m0/s1. The van der Waals surface area contributed by atoms with E-state index in [1.165, 1.54) is 22.4 Å². The van der Waals surface area contributed by atoms with Crippen molar-refractivity contribution in [2.45, 2.75) is 121 Å². The Kier molecular flexibility index (Phi) is 13.5. The summed E-state index contributed by atoms with van der Waals surface area (Å²) in [4.78, 5) is 84.4. The fraction of sp³-hybridized carbons (Fsp3) is 0.680. The molecule has 7 aliphatic heterocycles. The molecule has 1 aromatic carbocycles. The maximum atomic E-state index is 14.2. The van der Waals surface area contributed by atoms with E-state index in [2.05, 4.69) is 49.6 Å². The first-order valence-corrected chi connectivity index (χ1v) is 25.6. The smallest absolute Gasteiger partial charge is 0.318 e. The minimum Gasteiger partial charge on any atom is -0.378 e. The van der Waals surface area contributed by atoms with Crippen molar-refractivity contribution in [3.63, 3.8) is 0 Å². The molecule has 0 aliphatic carbocycles. The maximum absolute atomic E-state index is 14.2. The second-order valence-corrected chi connectivity index (χ2v) is 20.8. The molecule has 10 rings (SSSR count). The van der Waals surface area contributed by atoms with Crippen LogP contribution in [0.25, 0.3) is 11.3 Å². The van der Waals surface area contributed by atoms with E-state index in [1.807, 2.05) is 49.9 Å². The van der Waals surface area contributed by atoms with Crippen LogP contribution in [0.2, 0.25) is 0 Å². The fourth-order valence-corrected chi connectivity index (χ4v) is 12.3. The minimum atomic E-state index is -0.629. The van der Waals surface area contributed by atoms with Gasteiger partial charge in [-0.25, -0.2) is 19.6 Å². The van der Waals surface area contributed by atoms with Gasteiger partial charge in [-0.1, -0.05) is 33.8 Å². The van der Waals surface area contributed by atoms with Gasteiger partial charge in [0, 0.05) is 93.5 Å². The summed E-state index contributed by atoms with van der Waals surface area (Å²) >= 11 is 0. The lowest BCUT2D eigenvalue weighted by molar-refractivity contribution is -0.136. The molecule has 0 radical (unpaired) electrons. The number of nitrogens with one attached hydrogen (secondary N) is 4. The van der Waals surface area contributed by atoms with Crippen molar-refractivity contribution in [3.8, 4) is 11.3 Å². The van der Waals surface area contributed by atoms with Crippen molar-refractivity contribution >= 4 is 29.6 Å². The van der Waals surface area contributed by atoms with Gasteiger partial charge in [0.2, 0.25) is 11.8 Å². The summed E-state index contributed by atoms with van der Waals surface area (Å²) in [6, 6.07) is 3.32. The van der Waals surface area contributed by atoms with E-state index in [4.69, 9.17) is 19.4 Å². The van der Waals surface area contributed by atoms with Crippen LogP contribution in [0, 0.1) is 11.8 Å². The van der Waals surface area contributed by atoms with Gasteiger partial charge in [0.05, 0.1) is 50.4 Å². The first-order chi connectivity index (χ1) is 33.0. The van der Waals surface area contributed by atoms with Crippen LogP contribution in [0.4, 0.5) is 15.3 Å². The summed E-state index contributed by atoms with van der Waals surface area (Å²) < 4.78 is 10.9. The lowest BCUT2D eigenvalue weighted by Gasteiger charge is -2.36. The summed E-state index contributed by atoms with van der Waals surface area (Å²) in [5, 5.41) is 6.12. The number of carbonyl (C=O) groups excluding carboxylic acids is 4.